The second-order valence-corrected chi connectivity index (χ2v) is 6.85. The number of halogens is 1. The molecule has 19 heavy (non-hydrogen) atoms. The fraction of sp³-hybridized carbons (Fsp3) is 0.357. The van der Waals surface area contributed by atoms with E-state index in [4.69, 9.17) is 5.73 Å². The number of fused-ring (bicyclic) bond motifs is 1. The van der Waals surface area contributed by atoms with E-state index in [1.54, 1.807) is 0 Å². The fourth-order valence-electron chi connectivity index (χ4n) is 2.41. The molecular weight excluding hydrogens is 324 g/mol. The number of amides is 1. The van der Waals surface area contributed by atoms with Gasteiger partial charge in [-0.05, 0) is 24.5 Å². The molecule has 2 atom stereocenters. The maximum atomic E-state index is 12.3. The molecule has 0 aliphatic heterocycles. The Kier molecular flexibility index (Phi) is 3.27. The summed E-state index contributed by atoms with van der Waals surface area (Å²) in [6.45, 7) is 2.15. The monoisotopic (exact) mass is 338 g/mol. The Bertz CT molecular complexity index is 652. The Balaban J connectivity index is 1.90. The maximum absolute atomic E-state index is 12.3. The lowest BCUT2D eigenvalue weighted by Gasteiger charge is -2.03. The van der Waals surface area contributed by atoms with Gasteiger partial charge in [0.25, 0.3) is 5.91 Å². The van der Waals surface area contributed by atoms with Crippen LogP contribution in [0.1, 0.15) is 29.4 Å². The molecule has 0 bridgehead atoms. The van der Waals surface area contributed by atoms with Crippen molar-refractivity contribution in [1.82, 2.24) is 5.32 Å². The lowest BCUT2D eigenvalue weighted by molar-refractivity contribution is 0.0954. The van der Waals surface area contributed by atoms with Crippen molar-refractivity contribution >= 4 is 48.9 Å². The van der Waals surface area contributed by atoms with Gasteiger partial charge in [-0.2, -0.15) is 0 Å². The molecule has 0 spiro atoms. The van der Waals surface area contributed by atoms with Crippen LogP contribution >= 0.6 is 27.3 Å². The smallest absolute Gasteiger partial charge is 0.263 e. The van der Waals surface area contributed by atoms with Crippen molar-refractivity contribution in [1.29, 1.82) is 0 Å². The number of rotatable bonds is 3. The van der Waals surface area contributed by atoms with E-state index in [1.165, 1.54) is 11.3 Å². The first-order valence-electron chi connectivity index (χ1n) is 6.39. The number of nitrogen functional groups attached to an aromatic ring is 1. The first kappa shape index (κ1) is 12.9. The molecule has 3 rings (SSSR count). The standard InChI is InChI=1S/C14H15BrN2OS/c1-2-7-6-9(7)17-14(18)13-12(16)11-8(15)4-3-5-10(11)19-13/h3-5,7,9H,2,6,16H2,1H3,(H,17,18). The molecule has 1 amide bonds. The molecule has 2 aromatic rings. The average Bonchev–Trinajstić information content (AvgIpc) is 3.04. The number of hydrogen-bond donors (Lipinski definition) is 2. The number of benzene rings is 1. The normalized spacial score (nSPS) is 21.6. The summed E-state index contributed by atoms with van der Waals surface area (Å²) in [7, 11) is 0. The van der Waals surface area contributed by atoms with Gasteiger partial charge in [-0.25, -0.2) is 0 Å². The quantitative estimate of drug-likeness (QED) is 0.894. The lowest BCUT2D eigenvalue weighted by atomic mass is 10.2. The minimum Gasteiger partial charge on any atom is -0.397 e. The Morgan fingerprint density at radius 3 is 3.00 bits per heavy atom. The zero-order valence-electron chi connectivity index (χ0n) is 10.6. The molecule has 1 saturated carbocycles. The third-order valence-corrected chi connectivity index (χ3v) is 5.50. The molecule has 1 aromatic carbocycles. The minimum absolute atomic E-state index is 0.0356. The van der Waals surface area contributed by atoms with Crippen LogP contribution in [-0.4, -0.2) is 11.9 Å². The summed E-state index contributed by atoms with van der Waals surface area (Å²) in [6.07, 6.45) is 2.22. The van der Waals surface area contributed by atoms with Crippen molar-refractivity contribution in [3.8, 4) is 0 Å². The molecule has 0 saturated heterocycles. The Hall–Kier alpha value is -1.07. The van der Waals surface area contributed by atoms with E-state index >= 15 is 0 Å². The van der Waals surface area contributed by atoms with E-state index < -0.39 is 0 Å². The van der Waals surface area contributed by atoms with Gasteiger partial charge in [0, 0.05) is 20.6 Å². The molecule has 2 unspecified atom stereocenters. The zero-order chi connectivity index (χ0) is 13.6. The van der Waals surface area contributed by atoms with Crippen molar-refractivity contribution in [2.45, 2.75) is 25.8 Å². The van der Waals surface area contributed by atoms with Gasteiger partial charge in [0.05, 0.1) is 5.69 Å². The van der Waals surface area contributed by atoms with E-state index in [-0.39, 0.29) is 5.91 Å². The predicted molar refractivity (Wildman–Crippen MR) is 83.6 cm³/mol. The van der Waals surface area contributed by atoms with E-state index in [0.29, 0.717) is 22.5 Å². The van der Waals surface area contributed by atoms with Gasteiger partial charge in [0.15, 0.2) is 0 Å². The number of nitrogens with two attached hydrogens (primary N) is 1. The van der Waals surface area contributed by atoms with E-state index in [1.807, 2.05) is 18.2 Å². The van der Waals surface area contributed by atoms with Crippen molar-refractivity contribution < 1.29 is 4.79 Å². The van der Waals surface area contributed by atoms with Crippen LogP contribution in [-0.2, 0) is 0 Å². The largest absolute Gasteiger partial charge is 0.397 e. The first-order chi connectivity index (χ1) is 9.11. The van der Waals surface area contributed by atoms with Crippen LogP contribution in [0.5, 0.6) is 0 Å². The highest BCUT2D eigenvalue weighted by molar-refractivity contribution is 9.10. The second-order valence-electron chi connectivity index (χ2n) is 4.94. The van der Waals surface area contributed by atoms with Crippen LogP contribution in [0.25, 0.3) is 10.1 Å². The minimum atomic E-state index is -0.0356. The van der Waals surface area contributed by atoms with E-state index in [9.17, 15) is 4.79 Å². The van der Waals surface area contributed by atoms with Crippen LogP contribution in [0, 0.1) is 5.92 Å². The SMILES string of the molecule is CCC1CC1NC(=O)c1sc2cccc(Br)c2c1N. The van der Waals surface area contributed by atoms with Crippen LogP contribution in [0.3, 0.4) is 0 Å². The Morgan fingerprint density at radius 1 is 1.58 bits per heavy atom. The van der Waals surface area contributed by atoms with Crippen molar-refractivity contribution in [3.63, 3.8) is 0 Å². The predicted octanol–water partition coefficient (Wildman–Crippen LogP) is 3.77. The molecule has 0 radical (unpaired) electrons. The number of carbonyl (C=O) groups is 1. The van der Waals surface area contributed by atoms with Crippen LogP contribution < -0.4 is 11.1 Å². The number of nitrogens with one attached hydrogen (secondary N) is 1. The molecular formula is C14H15BrN2OS. The van der Waals surface area contributed by atoms with Gasteiger partial charge in [0.2, 0.25) is 0 Å². The lowest BCUT2D eigenvalue weighted by Crippen LogP contribution is -2.26. The van der Waals surface area contributed by atoms with Gasteiger partial charge < -0.3 is 11.1 Å². The molecule has 3 nitrogen and oxygen atoms in total. The zero-order valence-corrected chi connectivity index (χ0v) is 13.0. The molecule has 1 fully saturated rings. The summed E-state index contributed by atoms with van der Waals surface area (Å²) in [5, 5.41) is 4.01. The molecule has 1 aliphatic carbocycles. The summed E-state index contributed by atoms with van der Waals surface area (Å²) in [5.41, 5.74) is 6.71. The van der Waals surface area contributed by atoms with Crippen molar-refractivity contribution in [2.24, 2.45) is 5.92 Å². The van der Waals surface area contributed by atoms with Crippen molar-refractivity contribution in [2.75, 3.05) is 5.73 Å². The topological polar surface area (TPSA) is 55.1 Å². The first-order valence-corrected chi connectivity index (χ1v) is 8.00. The van der Waals surface area contributed by atoms with E-state index in [0.717, 1.165) is 27.4 Å². The number of carbonyl (C=O) groups excluding carboxylic acids is 1. The Labute approximate surface area is 124 Å². The average molecular weight is 339 g/mol. The summed E-state index contributed by atoms with van der Waals surface area (Å²) < 4.78 is 1.98. The number of anilines is 1. The van der Waals surface area contributed by atoms with Crippen molar-refractivity contribution in [3.05, 3.63) is 27.5 Å². The summed E-state index contributed by atoms with van der Waals surface area (Å²) in [4.78, 5) is 12.9. The van der Waals surface area contributed by atoms with Gasteiger partial charge in [0.1, 0.15) is 4.88 Å². The number of thiophene rings is 1. The second kappa shape index (κ2) is 4.80. The van der Waals surface area contributed by atoms with Crippen LogP contribution in [0.4, 0.5) is 5.69 Å². The summed E-state index contributed by atoms with van der Waals surface area (Å²) in [5.74, 6) is 0.609. The Morgan fingerprint density at radius 2 is 2.37 bits per heavy atom. The molecule has 100 valence electrons. The van der Waals surface area contributed by atoms with Gasteiger partial charge in [-0.15, -0.1) is 11.3 Å². The molecule has 1 aliphatic rings. The molecule has 5 heteroatoms. The molecule has 3 N–H and O–H groups in total. The van der Waals surface area contributed by atoms with Gasteiger partial charge >= 0.3 is 0 Å². The van der Waals surface area contributed by atoms with E-state index in [2.05, 4.69) is 28.2 Å². The van der Waals surface area contributed by atoms with Crippen LogP contribution in [0.15, 0.2) is 22.7 Å². The summed E-state index contributed by atoms with van der Waals surface area (Å²) in [6, 6.07) is 6.23. The maximum Gasteiger partial charge on any atom is 0.263 e. The molecule has 1 heterocycles. The highest BCUT2D eigenvalue weighted by Crippen LogP contribution is 2.39. The third-order valence-electron chi connectivity index (χ3n) is 3.67. The summed E-state index contributed by atoms with van der Waals surface area (Å²) >= 11 is 4.95. The van der Waals surface area contributed by atoms with Crippen LogP contribution in [0.2, 0.25) is 0 Å². The van der Waals surface area contributed by atoms with Gasteiger partial charge in [-0.1, -0.05) is 35.3 Å². The highest BCUT2D eigenvalue weighted by atomic mass is 79.9. The fourth-order valence-corrected chi connectivity index (χ4v) is 4.17. The highest BCUT2D eigenvalue weighted by Gasteiger charge is 2.37. The number of hydrogen-bond acceptors (Lipinski definition) is 3. The van der Waals surface area contributed by atoms with Gasteiger partial charge in [-0.3, -0.25) is 4.79 Å². The third kappa shape index (κ3) is 2.25. The molecule has 1 aromatic heterocycles.